The Balaban J connectivity index is 0.000000667. The molecule has 0 aromatic heterocycles. The van der Waals surface area contributed by atoms with Crippen LogP contribution in [0.3, 0.4) is 0 Å². The van der Waals surface area contributed by atoms with E-state index in [1.165, 1.54) is 13.2 Å². The van der Waals surface area contributed by atoms with Crippen molar-refractivity contribution >= 4 is 47.3 Å². The van der Waals surface area contributed by atoms with E-state index in [1.54, 1.807) is 59.1 Å². The minimum Gasteiger partial charge on any atom is -0.467 e. The van der Waals surface area contributed by atoms with Crippen molar-refractivity contribution in [2.24, 2.45) is 5.92 Å². The number of benzene rings is 3. The number of hydrogen-bond donors (Lipinski definition) is 1. The van der Waals surface area contributed by atoms with Gasteiger partial charge in [-0.15, -0.1) is 0 Å². The van der Waals surface area contributed by atoms with Gasteiger partial charge in [0.2, 0.25) is 0 Å². The molecule has 0 bridgehead atoms. The van der Waals surface area contributed by atoms with E-state index in [0.717, 1.165) is 11.3 Å². The fourth-order valence-corrected chi connectivity index (χ4v) is 6.59. The maximum atomic E-state index is 16.3. The highest BCUT2D eigenvalue weighted by Gasteiger charge is 2.56. The Kier molecular flexibility index (Phi) is 18.7. The lowest BCUT2D eigenvalue weighted by molar-refractivity contribution is -0.128. The normalized spacial score (nSPS) is 18.0. The molecule has 1 saturated heterocycles. The van der Waals surface area contributed by atoms with Crippen LogP contribution in [0.2, 0.25) is 10.0 Å². The highest BCUT2D eigenvalue weighted by Crippen LogP contribution is 2.51. The lowest BCUT2D eigenvalue weighted by Gasteiger charge is -2.43. The monoisotopic (exact) mass is 737 g/mol. The number of carbonyl (C=O) groups is 2. The van der Waals surface area contributed by atoms with Crippen molar-refractivity contribution in [3.63, 3.8) is 0 Å². The first kappa shape index (κ1) is 42.5. The predicted molar refractivity (Wildman–Crippen MR) is 198 cm³/mol. The Morgan fingerprint density at radius 2 is 1.59 bits per heavy atom. The molecule has 3 aromatic rings. The second kappa shape index (κ2) is 21.5. The molecular weight excluding hydrogens is 688 g/mol. The molecule has 5 rings (SSSR count). The van der Waals surface area contributed by atoms with Crippen LogP contribution in [0.1, 0.15) is 98.6 Å². The summed E-state index contributed by atoms with van der Waals surface area (Å²) in [5.74, 6) is -0.172. The third kappa shape index (κ3) is 9.99. The van der Waals surface area contributed by atoms with Gasteiger partial charge >= 0.3 is 0 Å². The molecule has 0 aliphatic carbocycles. The number of methoxy groups -OCH3 is 1. The molecule has 11 heteroatoms. The summed E-state index contributed by atoms with van der Waals surface area (Å²) in [7, 11) is 1.47. The molecular formula is C38H50Cl2FNO6S. The van der Waals surface area contributed by atoms with Crippen LogP contribution >= 0.6 is 35.0 Å². The van der Waals surface area contributed by atoms with Gasteiger partial charge in [-0.2, -0.15) is 11.8 Å². The van der Waals surface area contributed by atoms with Gasteiger partial charge in [-0.1, -0.05) is 82.1 Å². The number of ether oxygens (including phenoxy) is 3. The summed E-state index contributed by atoms with van der Waals surface area (Å²) in [6.45, 7) is 12.1. The molecule has 0 radical (unpaired) electrons. The quantitative estimate of drug-likeness (QED) is 0.155. The van der Waals surface area contributed by atoms with Gasteiger partial charge < -0.3 is 19.3 Å². The standard InChI is InChI=1S/C30H30Cl2FNO4.C4H8O2S.2C2H6/c1-3-26(18-4-8-22(31)9-5-18)34-29(36)24-16-20(28(35)19-12-14-38-15-13-19)17-25(33)27(24)30(34,37-2)21-6-10-23(32)11-7-21;1-7-3-2-6-4-5;2*1-2/h4-11,16-17,19,26,28,35H,3,12-15H2,1-2H3;4H,2-3H2,1H3;2*1-2H3. The van der Waals surface area contributed by atoms with E-state index in [0.29, 0.717) is 66.7 Å². The minimum absolute atomic E-state index is 0.0743. The molecule has 49 heavy (non-hydrogen) atoms. The van der Waals surface area contributed by atoms with Gasteiger partial charge in [0, 0.05) is 41.7 Å². The average molecular weight is 739 g/mol. The van der Waals surface area contributed by atoms with Crippen molar-refractivity contribution in [2.75, 3.05) is 38.9 Å². The van der Waals surface area contributed by atoms with E-state index in [9.17, 15) is 14.7 Å². The van der Waals surface area contributed by atoms with Gasteiger partial charge in [-0.25, -0.2) is 4.39 Å². The molecule has 0 saturated carbocycles. The zero-order chi connectivity index (χ0) is 36.6. The van der Waals surface area contributed by atoms with Gasteiger partial charge in [0.15, 0.2) is 5.72 Å². The number of rotatable bonds is 11. The highest BCUT2D eigenvalue weighted by atomic mass is 35.5. The largest absolute Gasteiger partial charge is 0.467 e. The molecule has 1 fully saturated rings. The molecule has 2 aliphatic heterocycles. The summed E-state index contributed by atoms with van der Waals surface area (Å²) in [6, 6.07) is 16.7. The number of halogens is 3. The van der Waals surface area contributed by atoms with Crippen molar-refractivity contribution in [1.29, 1.82) is 0 Å². The van der Waals surface area contributed by atoms with E-state index >= 15 is 4.39 Å². The molecule has 2 aliphatic rings. The fourth-order valence-electron chi connectivity index (χ4n) is 6.08. The third-order valence-corrected chi connectivity index (χ3v) is 9.33. The lowest BCUT2D eigenvalue weighted by Crippen LogP contribution is -2.48. The number of thioether (sulfide) groups is 1. The zero-order valence-electron chi connectivity index (χ0n) is 29.5. The van der Waals surface area contributed by atoms with Crippen LogP contribution in [-0.2, 0) is 24.7 Å². The Hall–Kier alpha value is -2.66. The molecule has 7 nitrogen and oxygen atoms in total. The second-order valence-corrected chi connectivity index (χ2v) is 12.6. The van der Waals surface area contributed by atoms with Gasteiger partial charge in [-0.3, -0.25) is 14.5 Å². The zero-order valence-corrected chi connectivity index (χ0v) is 31.8. The summed E-state index contributed by atoms with van der Waals surface area (Å²) < 4.78 is 32.2. The number of fused-ring (bicyclic) bond motifs is 1. The van der Waals surface area contributed by atoms with E-state index < -0.39 is 23.7 Å². The van der Waals surface area contributed by atoms with Crippen molar-refractivity contribution in [3.05, 3.63) is 104 Å². The Morgan fingerprint density at radius 3 is 2.10 bits per heavy atom. The Morgan fingerprint density at radius 1 is 1.02 bits per heavy atom. The van der Waals surface area contributed by atoms with Crippen LogP contribution in [0.15, 0.2) is 60.7 Å². The Bertz CT molecular complexity index is 1440. The van der Waals surface area contributed by atoms with Gasteiger partial charge in [-0.05, 0) is 79.0 Å². The maximum absolute atomic E-state index is 16.3. The van der Waals surface area contributed by atoms with Gasteiger partial charge in [0.25, 0.3) is 12.4 Å². The summed E-state index contributed by atoms with van der Waals surface area (Å²) in [4.78, 5) is 25.3. The molecule has 2 heterocycles. The molecule has 3 unspecified atom stereocenters. The number of nitrogens with zero attached hydrogens (tertiary/aromatic N) is 1. The van der Waals surface area contributed by atoms with Crippen LogP contribution in [0.4, 0.5) is 4.39 Å². The predicted octanol–water partition coefficient (Wildman–Crippen LogP) is 9.62. The van der Waals surface area contributed by atoms with Crippen molar-refractivity contribution in [2.45, 2.75) is 71.8 Å². The number of hydrogen-bond acceptors (Lipinski definition) is 7. The van der Waals surface area contributed by atoms with E-state index in [2.05, 4.69) is 4.74 Å². The minimum atomic E-state index is -1.55. The lowest BCUT2D eigenvalue weighted by atomic mass is 9.86. The van der Waals surface area contributed by atoms with Crippen molar-refractivity contribution in [3.8, 4) is 0 Å². The second-order valence-electron chi connectivity index (χ2n) is 10.8. The van der Waals surface area contributed by atoms with Gasteiger partial charge in [0.05, 0.1) is 23.3 Å². The number of aliphatic hydroxyl groups excluding tert-OH is 1. The first-order valence-corrected chi connectivity index (χ1v) is 18.9. The first-order chi connectivity index (χ1) is 23.7. The number of aliphatic hydroxyl groups is 1. The van der Waals surface area contributed by atoms with Crippen LogP contribution in [0, 0.1) is 11.7 Å². The maximum Gasteiger partial charge on any atom is 0.293 e. The molecule has 1 amide bonds. The van der Waals surface area contributed by atoms with Crippen LogP contribution < -0.4 is 0 Å². The molecule has 3 atom stereocenters. The summed E-state index contributed by atoms with van der Waals surface area (Å²) in [5.41, 5.74) is 0.544. The molecule has 1 N–H and O–H groups in total. The number of carbonyl (C=O) groups excluding carboxylic acids is 2. The van der Waals surface area contributed by atoms with E-state index in [4.69, 9.17) is 32.7 Å². The molecule has 0 spiro atoms. The Labute approximate surface area is 305 Å². The van der Waals surface area contributed by atoms with E-state index in [1.807, 2.05) is 53.0 Å². The first-order valence-electron chi connectivity index (χ1n) is 16.8. The highest BCUT2D eigenvalue weighted by molar-refractivity contribution is 7.98. The van der Waals surface area contributed by atoms with E-state index in [-0.39, 0.29) is 23.0 Å². The van der Waals surface area contributed by atoms with Crippen LogP contribution in [0.5, 0.6) is 0 Å². The SMILES string of the molecule is CC.CC.CCC(c1ccc(Cl)cc1)N1C(=O)c2cc(C(O)C3CCOCC3)cc(F)c2C1(OC)c1ccc(Cl)cc1.CSCCOC=O. The van der Waals surface area contributed by atoms with Crippen molar-refractivity contribution in [1.82, 2.24) is 4.90 Å². The van der Waals surface area contributed by atoms with Gasteiger partial charge in [0.1, 0.15) is 12.4 Å². The number of amides is 1. The summed E-state index contributed by atoms with van der Waals surface area (Å²) in [6.07, 6.45) is 2.93. The topological polar surface area (TPSA) is 85.3 Å². The molecule has 270 valence electrons. The fraction of sp³-hybridized carbons (Fsp3) is 0.474. The average Bonchev–Trinajstić information content (AvgIpc) is 3.40. The van der Waals surface area contributed by atoms with Crippen LogP contribution in [-0.4, -0.2) is 61.3 Å². The van der Waals surface area contributed by atoms with Crippen LogP contribution in [0.25, 0.3) is 0 Å². The molecule has 3 aromatic carbocycles. The van der Waals surface area contributed by atoms with Crippen molar-refractivity contribution < 1.29 is 33.3 Å². The smallest absolute Gasteiger partial charge is 0.293 e. The summed E-state index contributed by atoms with van der Waals surface area (Å²) >= 11 is 14.0. The third-order valence-electron chi connectivity index (χ3n) is 8.25. The summed E-state index contributed by atoms with van der Waals surface area (Å²) in [5, 5.41) is 12.2.